The first-order chi connectivity index (χ1) is 8.69. The zero-order valence-corrected chi connectivity index (χ0v) is 11.0. The lowest BCUT2D eigenvalue weighted by atomic mass is 10.1. The molecule has 0 aliphatic rings. The fourth-order valence-corrected chi connectivity index (χ4v) is 1.81. The van der Waals surface area contributed by atoms with Crippen LogP contribution < -0.4 is 11.5 Å². The molecule has 0 unspecified atom stereocenters. The van der Waals surface area contributed by atoms with E-state index in [9.17, 15) is 4.79 Å². The minimum atomic E-state index is -0.410. The summed E-state index contributed by atoms with van der Waals surface area (Å²) in [6, 6.07) is 9.70. The molecular weight excluding hydrogens is 226 g/mol. The number of amides is 1. The molecule has 1 atom stereocenters. The van der Waals surface area contributed by atoms with Gasteiger partial charge in [-0.1, -0.05) is 37.3 Å². The number of carbonyl (C=O) groups excluding carboxylic acids is 1. The van der Waals surface area contributed by atoms with Crippen molar-refractivity contribution < 1.29 is 4.79 Å². The van der Waals surface area contributed by atoms with Gasteiger partial charge in [-0.2, -0.15) is 0 Å². The van der Waals surface area contributed by atoms with Gasteiger partial charge in [0.15, 0.2) is 0 Å². The normalized spacial score (nSPS) is 12.2. The molecule has 1 amide bonds. The van der Waals surface area contributed by atoms with Crippen LogP contribution in [0.3, 0.4) is 0 Å². The number of carbonyl (C=O) groups is 1. The Kier molecular flexibility index (Phi) is 6.39. The van der Waals surface area contributed by atoms with E-state index in [1.807, 2.05) is 25.1 Å². The SMILES string of the molecule is CC[C@H](N)C(=O)N(CCN)CCc1ccccc1. The Morgan fingerprint density at radius 1 is 1.28 bits per heavy atom. The van der Waals surface area contributed by atoms with Crippen molar-refractivity contribution in [3.63, 3.8) is 0 Å². The van der Waals surface area contributed by atoms with E-state index < -0.39 is 6.04 Å². The van der Waals surface area contributed by atoms with E-state index in [1.165, 1.54) is 5.56 Å². The number of hydrogen-bond donors (Lipinski definition) is 2. The molecule has 0 saturated heterocycles. The summed E-state index contributed by atoms with van der Waals surface area (Å²) in [5.41, 5.74) is 12.5. The number of rotatable bonds is 7. The Hall–Kier alpha value is -1.39. The summed E-state index contributed by atoms with van der Waals surface area (Å²) in [6.07, 6.45) is 1.49. The van der Waals surface area contributed by atoms with E-state index >= 15 is 0 Å². The fraction of sp³-hybridized carbons (Fsp3) is 0.500. The summed E-state index contributed by atoms with van der Waals surface area (Å²) in [5, 5.41) is 0. The predicted octanol–water partition coefficient (Wildman–Crippen LogP) is 0.754. The Labute approximate surface area is 109 Å². The first-order valence-electron chi connectivity index (χ1n) is 6.47. The maximum Gasteiger partial charge on any atom is 0.239 e. The van der Waals surface area contributed by atoms with Gasteiger partial charge in [0.2, 0.25) is 5.91 Å². The monoisotopic (exact) mass is 249 g/mol. The van der Waals surface area contributed by atoms with Crippen LogP contribution in [0.25, 0.3) is 0 Å². The zero-order chi connectivity index (χ0) is 13.4. The van der Waals surface area contributed by atoms with E-state index in [1.54, 1.807) is 4.90 Å². The van der Waals surface area contributed by atoms with Crippen LogP contribution in [-0.2, 0) is 11.2 Å². The first-order valence-corrected chi connectivity index (χ1v) is 6.47. The average Bonchev–Trinajstić information content (AvgIpc) is 2.43. The van der Waals surface area contributed by atoms with E-state index in [-0.39, 0.29) is 5.91 Å². The van der Waals surface area contributed by atoms with Crippen molar-refractivity contribution in [2.24, 2.45) is 11.5 Å². The minimum Gasteiger partial charge on any atom is -0.340 e. The van der Waals surface area contributed by atoms with E-state index in [0.717, 1.165) is 6.42 Å². The van der Waals surface area contributed by atoms with Gasteiger partial charge in [0.25, 0.3) is 0 Å². The molecule has 0 aliphatic carbocycles. The highest BCUT2D eigenvalue weighted by Crippen LogP contribution is 2.03. The second-order valence-electron chi connectivity index (χ2n) is 4.36. The molecule has 1 aromatic rings. The van der Waals surface area contributed by atoms with Crippen molar-refractivity contribution in [2.75, 3.05) is 19.6 Å². The molecule has 100 valence electrons. The van der Waals surface area contributed by atoms with Gasteiger partial charge in [-0.3, -0.25) is 4.79 Å². The van der Waals surface area contributed by atoms with Crippen LogP contribution in [0.5, 0.6) is 0 Å². The lowest BCUT2D eigenvalue weighted by Crippen LogP contribution is -2.46. The number of nitrogens with two attached hydrogens (primary N) is 2. The molecule has 0 aromatic heterocycles. The van der Waals surface area contributed by atoms with Crippen LogP contribution in [0.2, 0.25) is 0 Å². The van der Waals surface area contributed by atoms with Gasteiger partial charge in [0, 0.05) is 19.6 Å². The second kappa shape index (κ2) is 7.84. The van der Waals surface area contributed by atoms with Crippen LogP contribution in [0.15, 0.2) is 30.3 Å². The average molecular weight is 249 g/mol. The Morgan fingerprint density at radius 3 is 2.50 bits per heavy atom. The zero-order valence-electron chi connectivity index (χ0n) is 11.0. The van der Waals surface area contributed by atoms with Gasteiger partial charge >= 0.3 is 0 Å². The molecule has 0 fully saturated rings. The maximum atomic E-state index is 12.0. The molecule has 4 N–H and O–H groups in total. The summed E-state index contributed by atoms with van der Waals surface area (Å²) in [5.74, 6) is -0.00104. The molecule has 4 nitrogen and oxygen atoms in total. The molecule has 18 heavy (non-hydrogen) atoms. The topological polar surface area (TPSA) is 72.4 Å². The largest absolute Gasteiger partial charge is 0.340 e. The lowest BCUT2D eigenvalue weighted by Gasteiger charge is -2.24. The van der Waals surface area contributed by atoms with Crippen molar-refractivity contribution in [3.8, 4) is 0 Å². The fourth-order valence-electron chi connectivity index (χ4n) is 1.81. The van der Waals surface area contributed by atoms with Crippen molar-refractivity contribution >= 4 is 5.91 Å². The van der Waals surface area contributed by atoms with Crippen molar-refractivity contribution in [1.29, 1.82) is 0 Å². The Bertz CT molecular complexity index is 353. The van der Waals surface area contributed by atoms with Crippen molar-refractivity contribution in [2.45, 2.75) is 25.8 Å². The number of benzene rings is 1. The highest BCUT2D eigenvalue weighted by atomic mass is 16.2. The third kappa shape index (κ3) is 4.47. The maximum absolute atomic E-state index is 12.0. The smallest absolute Gasteiger partial charge is 0.239 e. The van der Waals surface area contributed by atoms with Crippen LogP contribution in [0.1, 0.15) is 18.9 Å². The highest BCUT2D eigenvalue weighted by molar-refractivity contribution is 5.81. The molecule has 1 aromatic carbocycles. The van der Waals surface area contributed by atoms with Crippen LogP contribution >= 0.6 is 0 Å². The third-order valence-corrected chi connectivity index (χ3v) is 2.98. The van der Waals surface area contributed by atoms with E-state index in [4.69, 9.17) is 11.5 Å². The van der Waals surface area contributed by atoms with Crippen molar-refractivity contribution in [3.05, 3.63) is 35.9 Å². The third-order valence-electron chi connectivity index (χ3n) is 2.98. The molecule has 0 heterocycles. The first kappa shape index (κ1) is 14.7. The standard InChI is InChI=1S/C14H23N3O/c1-2-13(16)14(18)17(11-9-15)10-8-12-6-4-3-5-7-12/h3-7,13H,2,8-11,15-16H2,1H3/t13-/m0/s1. The molecule has 1 rings (SSSR count). The number of hydrogen-bond acceptors (Lipinski definition) is 3. The van der Waals surface area contributed by atoms with Crippen LogP contribution in [0, 0.1) is 0 Å². The molecule has 0 aliphatic heterocycles. The number of nitrogens with zero attached hydrogens (tertiary/aromatic N) is 1. The summed E-state index contributed by atoms with van der Waals surface area (Å²) in [6.45, 7) is 3.63. The van der Waals surface area contributed by atoms with Gasteiger partial charge in [0.05, 0.1) is 6.04 Å². The summed E-state index contributed by atoms with van der Waals surface area (Å²) in [7, 11) is 0. The summed E-state index contributed by atoms with van der Waals surface area (Å²) in [4.78, 5) is 13.8. The molecular formula is C14H23N3O. The van der Waals surface area contributed by atoms with Crippen LogP contribution in [-0.4, -0.2) is 36.5 Å². The Morgan fingerprint density at radius 2 is 1.94 bits per heavy atom. The molecule has 0 bridgehead atoms. The molecule has 0 spiro atoms. The van der Waals surface area contributed by atoms with E-state index in [0.29, 0.717) is 26.1 Å². The predicted molar refractivity (Wildman–Crippen MR) is 74.0 cm³/mol. The molecule has 0 radical (unpaired) electrons. The van der Waals surface area contributed by atoms with Crippen molar-refractivity contribution in [1.82, 2.24) is 4.90 Å². The highest BCUT2D eigenvalue weighted by Gasteiger charge is 2.18. The Balaban J connectivity index is 2.55. The summed E-state index contributed by atoms with van der Waals surface area (Å²) < 4.78 is 0. The molecule has 0 saturated carbocycles. The van der Waals surface area contributed by atoms with Gasteiger partial charge < -0.3 is 16.4 Å². The van der Waals surface area contributed by atoms with Crippen LogP contribution in [0.4, 0.5) is 0 Å². The van der Waals surface area contributed by atoms with Gasteiger partial charge in [0.1, 0.15) is 0 Å². The minimum absolute atomic E-state index is 0.00104. The molecule has 4 heteroatoms. The quantitative estimate of drug-likeness (QED) is 0.749. The van der Waals surface area contributed by atoms with Gasteiger partial charge in [-0.15, -0.1) is 0 Å². The summed E-state index contributed by atoms with van der Waals surface area (Å²) >= 11 is 0. The van der Waals surface area contributed by atoms with Gasteiger partial charge in [-0.25, -0.2) is 0 Å². The van der Waals surface area contributed by atoms with E-state index in [2.05, 4.69) is 12.1 Å². The van der Waals surface area contributed by atoms with Gasteiger partial charge in [-0.05, 0) is 18.4 Å². The second-order valence-corrected chi connectivity index (χ2v) is 4.36. The lowest BCUT2D eigenvalue weighted by molar-refractivity contribution is -0.132.